The molecule has 1 heteroatoms. The predicted molar refractivity (Wildman–Crippen MR) is 89.3 cm³/mol. The van der Waals surface area contributed by atoms with E-state index in [1.54, 1.807) is 31.2 Å². The Morgan fingerprint density at radius 2 is 1.90 bits per heavy atom. The summed E-state index contributed by atoms with van der Waals surface area (Å²) in [6.07, 6.45) is 25.8. The van der Waals surface area contributed by atoms with Crippen LogP contribution in [0.3, 0.4) is 0 Å². The second-order valence-corrected chi connectivity index (χ2v) is 4.68. The van der Waals surface area contributed by atoms with E-state index in [4.69, 9.17) is 12.8 Å². The third kappa shape index (κ3) is 5.81. The number of hydrogen-bond acceptors (Lipinski definition) is 1. The number of allylic oxidation sites excluding steroid dienone is 12. The minimum Gasteiger partial charge on any atom is -0.290 e. The molecule has 0 aromatic rings. The fourth-order valence-corrected chi connectivity index (χ4v) is 1.60. The monoisotopic (exact) mass is 274 g/mol. The highest BCUT2D eigenvalue weighted by Crippen LogP contribution is 2.15. The second-order valence-electron chi connectivity index (χ2n) is 4.68. The van der Waals surface area contributed by atoms with E-state index in [1.165, 1.54) is 0 Å². The summed E-state index contributed by atoms with van der Waals surface area (Å²) >= 11 is 0. The highest BCUT2D eigenvalue weighted by molar-refractivity contribution is 6.03. The van der Waals surface area contributed by atoms with Gasteiger partial charge in [0.25, 0.3) is 0 Å². The van der Waals surface area contributed by atoms with Gasteiger partial charge in [0.1, 0.15) is 0 Å². The topological polar surface area (TPSA) is 17.1 Å². The molecule has 0 aromatic heterocycles. The third-order valence-corrected chi connectivity index (χ3v) is 2.95. The molecule has 0 N–H and O–H groups in total. The van der Waals surface area contributed by atoms with Crippen LogP contribution in [0.1, 0.15) is 20.3 Å². The van der Waals surface area contributed by atoms with Gasteiger partial charge in [-0.15, -0.1) is 12.8 Å². The first-order valence-corrected chi connectivity index (χ1v) is 6.64. The predicted octanol–water partition coefficient (Wildman–Crippen LogP) is 4.08. The molecule has 1 rings (SSSR count). The van der Waals surface area contributed by atoms with Crippen molar-refractivity contribution < 1.29 is 4.79 Å². The Hall–Kier alpha value is -2.77. The summed E-state index contributed by atoms with van der Waals surface area (Å²) < 4.78 is 0. The van der Waals surface area contributed by atoms with Crippen molar-refractivity contribution in [3.05, 3.63) is 70.9 Å². The molecule has 0 aromatic carbocycles. The van der Waals surface area contributed by atoms with Crippen molar-refractivity contribution in [1.82, 2.24) is 0 Å². The van der Waals surface area contributed by atoms with E-state index in [1.807, 2.05) is 31.2 Å². The van der Waals surface area contributed by atoms with E-state index in [0.29, 0.717) is 12.0 Å². The van der Waals surface area contributed by atoms with E-state index in [2.05, 4.69) is 11.8 Å². The van der Waals surface area contributed by atoms with Crippen molar-refractivity contribution in [2.24, 2.45) is 0 Å². The number of rotatable bonds is 4. The quantitative estimate of drug-likeness (QED) is 0.429. The van der Waals surface area contributed by atoms with Gasteiger partial charge in [-0.2, -0.15) is 0 Å². The average Bonchev–Trinajstić information content (AvgIpc) is 2.74. The number of carbonyl (C=O) groups is 1. The summed E-state index contributed by atoms with van der Waals surface area (Å²) in [7, 11) is 0. The maximum absolute atomic E-state index is 12.0. The molecule has 104 valence electrons. The lowest BCUT2D eigenvalue weighted by atomic mass is 10.0. The van der Waals surface area contributed by atoms with E-state index in [-0.39, 0.29) is 5.78 Å². The highest BCUT2D eigenvalue weighted by Gasteiger charge is 2.02. The summed E-state index contributed by atoms with van der Waals surface area (Å²) in [6, 6.07) is 0. The molecule has 0 spiro atoms. The fourth-order valence-electron chi connectivity index (χ4n) is 1.60. The normalized spacial score (nSPS) is 15.8. The molecule has 0 aliphatic heterocycles. The Labute approximate surface area is 127 Å². The number of ketones is 1. The molecule has 0 atom stereocenters. The molecule has 1 aliphatic carbocycles. The van der Waals surface area contributed by atoms with Crippen molar-refractivity contribution in [3.8, 4) is 24.7 Å². The molecule has 0 saturated carbocycles. The first-order chi connectivity index (χ1) is 10.1. The van der Waals surface area contributed by atoms with E-state index >= 15 is 0 Å². The van der Waals surface area contributed by atoms with Crippen LogP contribution in [0.2, 0.25) is 0 Å². The Morgan fingerprint density at radius 1 is 1.19 bits per heavy atom. The van der Waals surface area contributed by atoms with Crippen molar-refractivity contribution in [2.45, 2.75) is 20.3 Å². The van der Waals surface area contributed by atoms with Crippen molar-refractivity contribution in [1.29, 1.82) is 0 Å². The lowest BCUT2D eigenvalue weighted by Crippen LogP contribution is -1.94. The minimum atomic E-state index is -0.0450. The molecule has 0 fully saturated rings. The maximum Gasteiger partial charge on any atom is 0.181 e. The maximum atomic E-state index is 12.0. The van der Waals surface area contributed by atoms with Gasteiger partial charge in [0.05, 0.1) is 0 Å². The molecule has 21 heavy (non-hydrogen) atoms. The zero-order chi connectivity index (χ0) is 15.7. The molecule has 1 nitrogen and oxygen atoms in total. The molecule has 0 bridgehead atoms. The Kier molecular flexibility index (Phi) is 6.52. The molecule has 0 unspecified atom stereocenters. The minimum absolute atomic E-state index is 0.0450. The first-order valence-electron chi connectivity index (χ1n) is 6.64. The molecular weight excluding hydrogens is 256 g/mol. The summed E-state index contributed by atoms with van der Waals surface area (Å²) in [4.78, 5) is 12.0. The first kappa shape index (κ1) is 16.3. The van der Waals surface area contributed by atoms with Gasteiger partial charge < -0.3 is 0 Å². The van der Waals surface area contributed by atoms with Gasteiger partial charge in [0, 0.05) is 12.0 Å². The van der Waals surface area contributed by atoms with Crippen molar-refractivity contribution in [2.75, 3.05) is 0 Å². The van der Waals surface area contributed by atoms with Crippen LogP contribution in [0.4, 0.5) is 0 Å². The van der Waals surface area contributed by atoms with Crippen LogP contribution in [0.15, 0.2) is 70.9 Å². The standard InChI is InChI=1S/C20H18O/c1-5-16(3)11-12-17(4)20(21)14-13-19-10-8-7-9-18(6-2)15-19/h1-2,7-14H,15H2,3-4H3/b14-13+,16-11-,17-12+. The smallest absolute Gasteiger partial charge is 0.181 e. The van der Waals surface area contributed by atoms with E-state index in [9.17, 15) is 4.79 Å². The van der Waals surface area contributed by atoms with E-state index < -0.39 is 0 Å². The summed E-state index contributed by atoms with van der Waals surface area (Å²) in [5.41, 5.74) is 3.32. The number of hydrogen-bond donors (Lipinski definition) is 0. The van der Waals surface area contributed by atoms with Gasteiger partial charge in [0.2, 0.25) is 0 Å². The summed E-state index contributed by atoms with van der Waals surface area (Å²) in [5.74, 6) is 5.10. The average molecular weight is 274 g/mol. The van der Waals surface area contributed by atoms with Gasteiger partial charge in [-0.3, -0.25) is 4.79 Å². The SMILES string of the molecule is C#CC1=CC=CC=C(/C=C/C(=O)/C(C)=C/C=C(/C)C#C)C1. The van der Waals surface area contributed by atoms with Crippen LogP contribution < -0.4 is 0 Å². The van der Waals surface area contributed by atoms with Crippen LogP contribution in [0.5, 0.6) is 0 Å². The van der Waals surface area contributed by atoms with Crippen molar-refractivity contribution >= 4 is 5.78 Å². The van der Waals surface area contributed by atoms with Gasteiger partial charge in [-0.1, -0.05) is 54.4 Å². The molecule has 0 saturated heterocycles. The molecule has 0 heterocycles. The highest BCUT2D eigenvalue weighted by atomic mass is 16.1. The van der Waals surface area contributed by atoms with Crippen LogP contribution in [-0.2, 0) is 4.79 Å². The number of terminal acetylenes is 2. The van der Waals surface area contributed by atoms with Gasteiger partial charge >= 0.3 is 0 Å². The molecular formula is C20H18O. The summed E-state index contributed by atoms with van der Waals surface area (Å²) in [6.45, 7) is 3.58. The molecule has 0 amide bonds. The Morgan fingerprint density at radius 3 is 2.57 bits per heavy atom. The second kappa shape index (κ2) is 8.41. The Bertz CT molecular complexity index is 674. The van der Waals surface area contributed by atoms with Crippen LogP contribution in [0.25, 0.3) is 0 Å². The zero-order valence-electron chi connectivity index (χ0n) is 12.4. The summed E-state index contributed by atoms with van der Waals surface area (Å²) in [5, 5.41) is 0. The van der Waals surface area contributed by atoms with Crippen molar-refractivity contribution in [3.63, 3.8) is 0 Å². The molecule has 1 aliphatic rings. The third-order valence-electron chi connectivity index (χ3n) is 2.95. The lowest BCUT2D eigenvalue weighted by molar-refractivity contribution is -0.111. The zero-order valence-corrected chi connectivity index (χ0v) is 12.4. The van der Waals surface area contributed by atoms with Crippen LogP contribution in [0, 0.1) is 24.7 Å². The lowest BCUT2D eigenvalue weighted by Gasteiger charge is -1.99. The van der Waals surface area contributed by atoms with E-state index in [0.717, 1.165) is 16.7 Å². The Balaban J connectivity index is 2.78. The largest absolute Gasteiger partial charge is 0.290 e. The van der Waals surface area contributed by atoms with Crippen LogP contribution >= 0.6 is 0 Å². The fraction of sp³-hybridized carbons (Fsp3) is 0.150. The van der Waals surface area contributed by atoms with Gasteiger partial charge in [0.15, 0.2) is 5.78 Å². The number of carbonyl (C=O) groups excluding carboxylic acids is 1. The van der Waals surface area contributed by atoms with Crippen LogP contribution in [-0.4, -0.2) is 5.78 Å². The van der Waals surface area contributed by atoms with Gasteiger partial charge in [-0.25, -0.2) is 0 Å². The van der Waals surface area contributed by atoms with Gasteiger partial charge in [-0.05, 0) is 36.6 Å². The molecule has 0 radical (unpaired) electrons.